The zero-order chi connectivity index (χ0) is 17.8. The first-order valence-electron chi connectivity index (χ1n) is 7.97. The lowest BCUT2D eigenvalue weighted by Gasteiger charge is -2.07. The molecule has 1 aromatic heterocycles. The van der Waals surface area contributed by atoms with Crippen molar-refractivity contribution in [1.82, 2.24) is 15.5 Å². The minimum absolute atomic E-state index is 0.105. The van der Waals surface area contributed by atoms with Gasteiger partial charge in [0.15, 0.2) is 0 Å². The van der Waals surface area contributed by atoms with Crippen molar-refractivity contribution in [2.75, 3.05) is 6.54 Å². The molecule has 0 radical (unpaired) electrons. The van der Waals surface area contributed by atoms with Gasteiger partial charge in [0.1, 0.15) is 0 Å². The van der Waals surface area contributed by atoms with E-state index in [2.05, 4.69) is 15.5 Å². The molecule has 0 saturated carbocycles. The van der Waals surface area contributed by atoms with Crippen molar-refractivity contribution < 1.29 is 9.32 Å². The molecule has 128 valence electrons. The van der Waals surface area contributed by atoms with E-state index in [0.717, 1.165) is 16.7 Å². The standard InChI is InChI=1S/C19H18ClN3O2/c1-12-6-7-16(13(2)10-12)19(24)21-9-8-17-22-18(23-25-17)14-4-3-5-15(20)11-14/h3-7,10-11H,8-9H2,1-2H3,(H,21,24). The van der Waals surface area contributed by atoms with E-state index in [9.17, 15) is 4.79 Å². The summed E-state index contributed by atoms with van der Waals surface area (Å²) in [5.41, 5.74) is 3.56. The summed E-state index contributed by atoms with van der Waals surface area (Å²) in [6.07, 6.45) is 0.463. The second-order valence-electron chi connectivity index (χ2n) is 5.85. The Balaban J connectivity index is 1.58. The fraction of sp³-hybridized carbons (Fsp3) is 0.211. The number of hydrogen-bond acceptors (Lipinski definition) is 4. The van der Waals surface area contributed by atoms with Crippen LogP contribution in [-0.4, -0.2) is 22.6 Å². The van der Waals surface area contributed by atoms with Gasteiger partial charge in [-0.2, -0.15) is 4.98 Å². The molecular weight excluding hydrogens is 338 g/mol. The number of carbonyl (C=O) groups excluding carboxylic acids is 1. The Labute approximate surface area is 151 Å². The molecule has 0 saturated heterocycles. The Bertz CT molecular complexity index is 905. The van der Waals surface area contributed by atoms with Gasteiger partial charge in [0.2, 0.25) is 11.7 Å². The molecule has 0 bridgehead atoms. The topological polar surface area (TPSA) is 68.0 Å². The Morgan fingerprint density at radius 1 is 1.20 bits per heavy atom. The molecule has 5 nitrogen and oxygen atoms in total. The molecule has 0 aliphatic heterocycles. The van der Waals surface area contributed by atoms with E-state index in [1.807, 2.05) is 44.2 Å². The molecule has 25 heavy (non-hydrogen) atoms. The summed E-state index contributed by atoms with van der Waals surface area (Å²) in [6.45, 7) is 4.35. The molecule has 1 N–H and O–H groups in total. The molecular formula is C19H18ClN3O2. The van der Waals surface area contributed by atoms with E-state index < -0.39 is 0 Å². The largest absolute Gasteiger partial charge is 0.352 e. The summed E-state index contributed by atoms with van der Waals surface area (Å²) in [4.78, 5) is 16.6. The summed E-state index contributed by atoms with van der Waals surface area (Å²) >= 11 is 5.97. The lowest BCUT2D eigenvalue weighted by Crippen LogP contribution is -2.26. The van der Waals surface area contributed by atoms with Crippen molar-refractivity contribution in [2.45, 2.75) is 20.3 Å². The van der Waals surface area contributed by atoms with Crippen LogP contribution < -0.4 is 5.32 Å². The Morgan fingerprint density at radius 2 is 2.04 bits per heavy atom. The number of amides is 1. The third-order valence-corrected chi connectivity index (χ3v) is 4.04. The maximum absolute atomic E-state index is 12.2. The molecule has 0 aliphatic rings. The Morgan fingerprint density at radius 3 is 2.80 bits per heavy atom. The lowest BCUT2D eigenvalue weighted by atomic mass is 10.1. The third kappa shape index (κ3) is 4.25. The van der Waals surface area contributed by atoms with Crippen LogP contribution in [0.2, 0.25) is 5.02 Å². The van der Waals surface area contributed by atoms with Crippen LogP contribution in [0.3, 0.4) is 0 Å². The van der Waals surface area contributed by atoms with Gasteiger partial charge in [0.05, 0.1) is 0 Å². The maximum atomic E-state index is 12.2. The number of nitrogens with zero attached hydrogens (tertiary/aromatic N) is 2. The van der Waals surface area contributed by atoms with Gasteiger partial charge >= 0.3 is 0 Å². The number of hydrogen-bond donors (Lipinski definition) is 1. The van der Waals surface area contributed by atoms with Gasteiger partial charge in [0.25, 0.3) is 5.91 Å². The lowest BCUT2D eigenvalue weighted by molar-refractivity contribution is 0.0953. The second-order valence-corrected chi connectivity index (χ2v) is 6.28. The summed E-state index contributed by atoms with van der Waals surface area (Å²) in [5, 5.41) is 7.44. The van der Waals surface area contributed by atoms with Crippen LogP contribution in [-0.2, 0) is 6.42 Å². The van der Waals surface area contributed by atoms with Crippen LogP contribution in [0, 0.1) is 13.8 Å². The first-order valence-corrected chi connectivity index (χ1v) is 8.35. The zero-order valence-corrected chi connectivity index (χ0v) is 14.8. The van der Waals surface area contributed by atoms with E-state index in [0.29, 0.717) is 35.3 Å². The molecule has 0 unspecified atom stereocenters. The minimum atomic E-state index is -0.105. The zero-order valence-electron chi connectivity index (χ0n) is 14.0. The highest BCUT2D eigenvalue weighted by molar-refractivity contribution is 6.30. The number of aryl methyl sites for hydroxylation is 2. The van der Waals surface area contributed by atoms with Crippen LogP contribution in [0.1, 0.15) is 27.4 Å². The van der Waals surface area contributed by atoms with Crippen molar-refractivity contribution >= 4 is 17.5 Å². The number of halogens is 1. The number of aromatic nitrogens is 2. The summed E-state index contributed by atoms with van der Waals surface area (Å²) in [7, 11) is 0. The smallest absolute Gasteiger partial charge is 0.251 e. The molecule has 3 aromatic rings. The number of benzene rings is 2. The molecule has 3 rings (SSSR count). The van der Waals surface area contributed by atoms with Crippen LogP contribution in [0.15, 0.2) is 47.0 Å². The Kier molecular flexibility index (Phi) is 5.14. The van der Waals surface area contributed by atoms with E-state index in [-0.39, 0.29) is 5.91 Å². The predicted octanol–water partition coefficient (Wildman–Crippen LogP) is 3.98. The Hall–Kier alpha value is -2.66. The van der Waals surface area contributed by atoms with E-state index in [1.54, 1.807) is 12.1 Å². The molecule has 0 atom stereocenters. The molecule has 6 heteroatoms. The van der Waals surface area contributed by atoms with Crippen molar-refractivity contribution in [3.05, 3.63) is 70.1 Å². The molecule has 2 aromatic carbocycles. The summed E-state index contributed by atoms with van der Waals surface area (Å²) in [6, 6.07) is 13.0. The van der Waals surface area contributed by atoms with Gasteiger partial charge in [0, 0.05) is 29.1 Å². The van der Waals surface area contributed by atoms with Gasteiger partial charge in [-0.3, -0.25) is 4.79 Å². The molecule has 1 heterocycles. The number of rotatable bonds is 5. The van der Waals surface area contributed by atoms with Gasteiger partial charge in [-0.25, -0.2) is 0 Å². The normalized spacial score (nSPS) is 10.7. The number of nitrogens with one attached hydrogen (secondary N) is 1. The quantitative estimate of drug-likeness (QED) is 0.751. The predicted molar refractivity (Wildman–Crippen MR) is 96.7 cm³/mol. The van der Waals surface area contributed by atoms with Gasteiger partial charge in [-0.15, -0.1) is 0 Å². The monoisotopic (exact) mass is 355 g/mol. The molecule has 0 spiro atoms. The highest BCUT2D eigenvalue weighted by Crippen LogP contribution is 2.20. The minimum Gasteiger partial charge on any atom is -0.352 e. The third-order valence-electron chi connectivity index (χ3n) is 3.80. The van der Waals surface area contributed by atoms with Gasteiger partial charge in [-0.05, 0) is 37.6 Å². The van der Waals surface area contributed by atoms with E-state index in [4.69, 9.17) is 16.1 Å². The van der Waals surface area contributed by atoms with Crippen LogP contribution in [0.25, 0.3) is 11.4 Å². The fourth-order valence-electron chi connectivity index (χ4n) is 2.55. The van der Waals surface area contributed by atoms with Crippen LogP contribution in [0.5, 0.6) is 0 Å². The van der Waals surface area contributed by atoms with Crippen LogP contribution in [0.4, 0.5) is 0 Å². The van der Waals surface area contributed by atoms with E-state index >= 15 is 0 Å². The van der Waals surface area contributed by atoms with E-state index in [1.165, 1.54) is 0 Å². The second kappa shape index (κ2) is 7.49. The van der Waals surface area contributed by atoms with Crippen molar-refractivity contribution in [2.24, 2.45) is 0 Å². The number of carbonyl (C=O) groups is 1. The van der Waals surface area contributed by atoms with Gasteiger partial charge < -0.3 is 9.84 Å². The molecule has 0 aliphatic carbocycles. The fourth-order valence-corrected chi connectivity index (χ4v) is 2.74. The SMILES string of the molecule is Cc1ccc(C(=O)NCCc2nc(-c3cccc(Cl)c3)no2)c(C)c1. The average molecular weight is 356 g/mol. The van der Waals surface area contributed by atoms with Crippen molar-refractivity contribution in [1.29, 1.82) is 0 Å². The first-order chi connectivity index (χ1) is 12.0. The molecule has 1 amide bonds. The first kappa shape index (κ1) is 17.2. The highest BCUT2D eigenvalue weighted by atomic mass is 35.5. The summed E-state index contributed by atoms with van der Waals surface area (Å²) < 4.78 is 5.23. The average Bonchev–Trinajstić information content (AvgIpc) is 3.03. The van der Waals surface area contributed by atoms with Crippen molar-refractivity contribution in [3.8, 4) is 11.4 Å². The summed E-state index contributed by atoms with van der Waals surface area (Å²) in [5.74, 6) is 0.848. The van der Waals surface area contributed by atoms with Crippen molar-refractivity contribution in [3.63, 3.8) is 0 Å². The molecule has 0 fully saturated rings. The van der Waals surface area contributed by atoms with Crippen LogP contribution >= 0.6 is 11.6 Å². The highest BCUT2D eigenvalue weighted by Gasteiger charge is 2.11. The van der Waals surface area contributed by atoms with Gasteiger partial charge in [-0.1, -0.05) is 46.6 Å². The maximum Gasteiger partial charge on any atom is 0.251 e.